The monoisotopic (exact) mass is 147 g/mol. The Balaban J connectivity index is 2.87. The Kier molecular flexibility index (Phi) is 2.55. The van der Waals surface area contributed by atoms with Gasteiger partial charge in [0.1, 0.15) is 0 Å². The first-order valence-electron chi connectivity index (χ1n) is 3.38. The average Bonchev–Trinajstić information content (AvgIpc) is 2.06. The van der Waals surface area contributed by atoms with E-state index >= 15 is 0 Å². The van der Waals surface area contributed by atoms with Gasteiger partial charge in [-0.05, 0) is 19.1 Å². The number of para-hydroxylation sites is 1. The zero-order valence-corrected chi connectivity index (χ0v) is 6.32. The van der Waals surface area contributed by atoms with Crippen LogP contribution in [0.5, 0.6) is 0 Å². The van der Waals surface area contributed by atoms with Gasteiger partial charge < -0.3 is 0 Å². The highest BCUT2D eigenvalue weighted by Crippen LogP contribution is 2.09. The Morgan fingerprint density at radius 1 is 1.36 bits per heavy atom. The Hall–Kier alpha value is -1.44. The fraction of sp³-hybridized carbons (Fsp3) is 0.111. The van der Waals surface area contributed by atoms with Gasteiger partial charge in [-0.2, -0.15) is 0 Å². The molecule has 0 amide bonds. The van der Waals surface area contributed by atoms with E-state index in [1.165, 1.54) is 0 Å². The van der Waals surface area contributed by atoms with Crippen LogP contribution in [-0.4, -0.2) is 12.0 Å². The Morgan fingerprint density at radius 3 is 2.55 bits per heavy atom. The Labute approximate surface area is 65.6 Å². The number of hydrogen-bond donors (Lipinski definition) is 0. The second-order valence-electron chi connectivity index (χ2n) is 2.21. The number of benzene rings is 1. The molecule has 0 aromatic heterocycles. The van der Waals surface area contributed by atoms with E-state index in [1.54, 1.807) is 6.92 Å². The number of rotatable bonds is 2. The third kappa shape index (κ3) is 2.34. The Morgan fingerprint density at radius 2 is 2.00 bits per heavy atom. The summed E-state index contributed by atoms with van der Waals surface area (Å²) >= 11 is 0. The lowest BCUT2D eigenvalue weighted by Crippen LogP contribution is -1.88. The van der Waals surface area contributed by atoms with Crippen LogP contribution in [0, 0.1) is 0 Å². The first kappa shape index (κ1) is 7.66. The van der Waals surface area contributed by atoms with E-state index in [9.17, 15) is 4.79 Å². The molecule has 0 saturated carbocycles. The highest BCUT2D eigenvalue weighted by molar-refractivity contribution is 6.27. The molecule has 0 radical (unpaired) electrons. The third-order valence-electron chi connectivity index (χ3n) is 1.23. The molecule has 0 fully saturated rings. The summed E-state index contributed by atoms with van der Waals surface area (Å²) in [5.74, 6) is 0. The van der Waals surface area contributed by atoms with Gasteiger partial charge in [0.25, 0.3) is 0 Å². The predicted molar refractivity (Wildman–Crippen MR) is 45.3 cm³/mol. The van der Waals surface area contributed by atoms with Crippen LogP contribution in [0.25, 0.3) is 0 Å². The van der Waals surface area contributed by atoms with E-state index in [-0.39, 0.29) is 0 Å². The molecule has 2 heteroatoms. The van der Waals surface area contributed by atoms with Crippen LogP contribution in [-0.2, 0) is 4.79 Å². The molecule has 0 aliphatic rings. The van der Waals surface area contributed by atoms with Gasteiger partial charge in [-0.1, -0.05) is 18.2 Å². The van der Waals surface area contributed by atoms with E-state index in [4.69, 9.17) is 0 Å². The molecule has 1 aromatic rings. The highest BCUT2D eigenvalue weighted by atomic mass is 16.1. The minimum absolute atomic E-state index is 0.496. The van der Waals surface area contributed by atoms with E-state index < -0.39 is 0 Å². The SMILES string of the molecule is CC(C=O)=Nc1ccccc1. The number of carbonyl (C=O) groups excluding carboxylic acids is 1. The van der Waals surface area contributed by atoms with Crippen molar-refractivity contribution in [2.24, 2.45) is 4.99 Å². The molecule has 0 bridgehead atoms. The van der Waals surface area contributed by atoms with Crippen molar-refractivity contribution < 1.29 is 4.79 Å². The largest absolute Gasteiger partial charge is 0.297 e. The molecule has 0 aliphatic carbocycles. The fourth-order valence-electron chi connectivity index (χ4n) is 0.733. The summed E-state index contributed by atoms with van der Waals surface area (Å²) in [5.41, 5.74) is 1.31. The first-order chi connectivity index (χ1) is 5.33. The van der Waals surface area contributed by atoms with Crippen molar-refractivity contribution in [1.82, 2.24) is 0 Å². The standard InChI is InChI=1S/C9H9NO/c1-8(7-11)10-9-5-3-2-4-6-9/h2-7H,1H3. The fourth-order valence-corrected chi connectivity index (χ4v) is 0.733. The van der Waals surface area contributed by atoms with Crippen molar-refractivity contribution in [3.8, 4) is 0 Å². The van der Waals surface area contributed by atoms with Crippen LogP contribution in [0.15, 0.2) is 35.3 Å². The second kappa shape index (κ2) is 3.66. The molecule has 1 rings (SSSR count). The van der Waals surface area contributed by atoms with Gasteiger partial charge in [0.15, 0.2) is 6.29 Å². The molecular formula is C9H9NO. The van der Waals surface area contributed by atoms with E-state index in [2.05, 4.69) is 4.99 Å². The Bertz CT molecular complexity index is 264. The highest BCUT2D eigenvalue weighted by Gasteiger charge is 1.87. The molecular weight excluding hydrogens is 138 g/mol. The third-order valence-corrected chi connectivity index (χ3v) is 1.23. The smallest absolute Gasteiger partial charge is 0.163 e. The van der Waals surface area contributed by atoms with Gasteiger partial charge in [-0.3, -0.25) is 9.79 Å². The zero-order valence-electron chi connectivity index (χ0n) is 6.32. The molecule has 56 valence electrons. The van der Waals surface area contributed by atoms with Crippen LogP contribution in [0.2, 0.25) is 0 Å². The molecule has 0 heterocycles. The number of carbonyl (C=O) groups is 1. The summed E-state index contributed by atoms with van der Waals surface area (Å²) < 4.78 is 0. The summed E-state index contributed by atoms with van der Waals surface area (Å²) in [4.78, 5) is 14.2. The molecule has 1 aromatic carbocycles. The van der Waals surface area contributed by atoms with Gasteiger partial charge >= 0.3 is 0 Å². The van der Waals surface area contributed by atoms with Crippen molar-refractivity contribution in [2.45, 2.75) is 6.92 Å². The molecule has 11 heavy (non-hydrogen) atoms. The molecule has 0 saturated heterocycles. The normalized spacial score (nSPS) is 11.2. The summed E-state index contributed by atoms with van der Waals surface area (Å²) in [6, 6.07) is 9.39. The van der Waals surface area contributed by atoms with Gasteiger partial charge in [-0.25, -0.2) is 0 Å². The van der Waals surface area contributed by atoms with Crippen LogP contribution < -0.4 is 0 Å². The first-order valence-corrected chi connectivity index (χ1v) is 3.38. The minimum Gasteiger partial charge on any atom is -0.297 e. The second-order valence-corrected chi connectivity index (χ2v) is 2.21. The van der Waals surface area contributed by atoms with Crippen molar-refractivity contribution in [1.29, 1.82) is 0 Å². The summed E-state index contributed by atoms with van der Waals surface area (Å²) in [7, 11) is 0. The predicted octanol–water partition coefficient (Wildman–Crippen LogP) is 1.98. The lowest BCUT2D eigenvalue weighted by Gasteiger charge is -1.90. The van der Waals surface area contributed by atoms with Crippen LogP contribution in [0.4, 0.5) is 5.69 Å². The average molecular weight is 147 g/mol. The van der Waals surface area contributed by atoms with Crippen molar-refractivity contribution in [3.63, 3.8) is 0 Å². The number of hydrogen-bond acceptors (Lipinski definition) is 2. The van der Waals surface area contributed by atoms with Gasteiger partial charge in [0.2, 0.25) is 0 Å². The molecule has 2 nitrogen and oxygen atoms in total. The van der Waals surface area contributed by atoms with Crippen molar-refractivity contribution in [3.05, 3.63) is 30.3 Å². The van der Waals surface area contributed by atoms with Crippen molar-refractivity contribution in [2.75, 3.05) is 0 Å². The number of aliphatic imine (C=N–C) groups is 1. The van der Waals surface area contributed by atoms with Gasteiger partial charge in [0, 0.05) is 0 Å². The molecule has 0 unspecified atom stereocenters. The molecule has 0 N–H and O–H groups in total. The minimum atomic E-state index is 0.496. The number of nitrogens with zero attached hydrogens (tertiary/aromatic N) is 1. The maximum atomic E-state index is 10.2. The van der Waals surface area contributed by atoms with Crippen molar-refractivity contribution >= 4 is 17.7 Å². The van der Waals surface area contributed by atoms with Crippen LogP contribution >= 0.6 is 0 Å². The van der Waals surface area contributed by atoms with Gasteiger partial charge in [-0.15, -0.1) is 0 Å². The lowest BCUT2D eigenvalue weighted by atomic mass is 10.3. The summed E-state index contributed by atoms with van der Waals surface area (Å²) in [5, 5.41) is 0. The molecule has 0 atom stereocenters. The van der Waals surface area contributed by atoms with E-state index in [1.807, 2.05) is 30.3 Å². The van der Waals surface area contributed by atoms with Gasteiger partial charge in [0.05, 0.1) is 11.4 Å². The summed E-state index contributed by atoms with van der Waals surface area (Å²) in [6.07, 6.45) is 0.743. The maximum Gasteiger partial charge on any atom is 0.163 e. The van der Waals surface area contributed by atoms with Crippen LogP contribution in [0.3, 0.4) is 0 Å². The number of aldehydes is 1. The quantitative estimate of drug-likeness (QED) is 0.464. The summed E-state index contributed by atoms with van der Waals surface area (Å²) in [6.45, 7) is 1.68. The molecule has 0 aliphatic heterocycles. The maximum absolute atomic E-state index is 10.2. The zero-order chi connectivity index (χ0) is 8.10. The lowest BCUT2D eigenvalue weighted by molar-refractivity contribution is -0.102. The molecule has 0 spiro atoms. The topological polar surface area (TPSA) is 29.4 Å². The van der Waals surface area contributed by atoms with E-state index in [0.717, 1.165) is 12.0 Å². The van der Waals surface area contributed by atoms with Crippen LogP contribution in [0.1, 0.15) is 6.92 Å². The van der Waals surface area contributed by atoms with E-state index in [0.29, 0.717) is 5.71 Å².